The predicted octanol–water partition coefficient (Wildman–Crippen LogP) is 4.97. The van der Waals surface area contributed by atoms with Crippen molar-refractivity contribution in [2.24, 2.45) is 23.2 Å². The first-order chi connectivity index (χ1) is 19.2. The second kappa shape index (κ2) is 10.1. The van der Waals surface area contributed by atoms with Crippen LogP contribution in [0, 0.1) is 23.2 Å². The molecule has 0 bridgehead atoms. The minimum atomic E-state index is -4.52. The number of nitrogens with zero attached hydrogens (tertiary/aromatic N) is 4. The average molecular weight is 561 g/mol. The Morgan fingerprint density at radius 1 is 1.02 bits per heavy atom. The van der Waals surface area contributed by atoms with Crippen molar-refractivity contribution in [3.8, 4) is 0 Å². The SMILES string of the molecule is CN1CNNC1[C@H](C1CCC1)C1CCCC(n2cc3c(C(F)(F)F)cc(CN4CCC5(CC4)CC5)cn3c2=O)C1. The predicted molar refractivity (Wildman–Crippen MR) is 147 cm³/mol. The summed E-state index contributed by atoms with van der Waals surface area (Å²) in [4.78, 5) is 18.3. The van der Waals surface area contributed by atoms with Crippen LogP contribution >= 0.6 is 0 Å². The normalized spacial score (nSPS) is 30.6. The van der Waals surface area contributed by atoms with Gasteiger partial charge in [-0.05, 0) is 99.9 Å². The molecule has 2 aliphatic heterocycles. The van der Waals surface area contributed by atoms with Crippen molar-refractivity contribution in [1.82, 2.24) is 29.6 Å². The molecule has 0 aromatic carbocycles. The zero-order chi connectivity index (χ0) is 27.6. The molecular weight excluding hydrogens is 517 g/mol. The van der Waals surface area contributed by atoms with Crippen LogP contribution < -0.4 is 16.5 Å². The fraction of sp³-hybridized carbons (Fsp3) is 0.767. The Hall–Kier alpha value is -1.88. The summed E-state index contributed by atoms with van der Waals surface area (Å²) in [5, 5.41) is 0. The number of hydrogen-bond donors (Lipinski definition) is 2. The number of hydrazine groups is 1. The molecule has 5 aliphatic rings. The Kier molecular flexibility index (Phi) is 6.84. The van der Waals surface area contributed by atoms with Gasteiger partial charge in [0.2, 0.25) is 0 Å². The monoisotopic (exact) mass is 560 g/mol. The van der Waals surface area contributed by atoms with E-state index in [-0.39, 0.29) is 23.4 Å². The standard InChI is InChI=1S/C30H43F3N6O/c1-36-19-34-35-27(36)26(21-4-2-5-21)22-6-3-7-23(15-22)38-18-25-24(30(31,32)33)14-20(17-39(25)28(38)40)16-37-12-10-29(8-9-29)11-13-37/h14,17-18,21-23,26-27,34-35H,2-13,15-16,19H2,1H3/t22?,23?,26-,27?/m1/s1. The van der Waals surface area contributed by atoms with Crippen LogP contribution in [0.2, 0.25) is 0 Å². The molecule has 1 spiro atoms. The fourth-order valence-electron chi connectivity index (χ4n) is 8.36. The maximum Gasteiger partial charge on any atom is 0.418 e. The molecule has 3 unspecified atom stereocenters. The lowest BCUT2D eigenvalue weighted by Crippen LogP contribution is -2.50. The van der Waals surface area contributed by atoms with E-state index in [1.807, 2.05) is 0 Å². The van der Waals surface area contributed by atoms with Crippen molar-refractivity contribution in [1.29, 1.82) is 0 Å². The van der Waals surface area contributed by atoms with Crippen molar-refractivity contribution in [3.05, 3.63) is 40.1 Å². The van der Waals surface area contributed by atoms with Crippen LogP contribution in [-0.2, 0) is 12.7 Å². The van der Waals surface area contributed by atoms with Gasteiger partial charge in [-0.1, -0.05) is 25.7 Å². The second-order valence-corrected chi connectivity index (χ2v) is 13.6. The van der Waals surface area contributed by atoms with Gasteiger partial charge in [0.25, 0.3) is 0 Å². The molecule has 220 valence electrons. The number of rotatable bonds is 6. The summed E-state index contributed by atoms with van der Waals surface area (Å²) < 4.78 is 45.9. The molecule has 4 atom stereocenters. The van der Waals surface area contributed by atoms with Gasteiger partial charge in [0.1, 0.15) is 0 Å². The van der Waals surface area contributed by atoms with E-state index in [4.69, 9.17) is 0 Å². The number of pyridine rings is 1. The summed E-state index contributed by atoms with van der Waals surface area (Å²) in [7, 11) is 2.14. The van der Waals surface area contributed by atoms with E-state index in [2.05, 4.69) is 27.7 Å². The maximum absolute atomic E-state index is 14.3. The van der Waals surface area contributed by atoms with Crippen LogP contribution in [0.4, 0.5) is 13.2 Å². The van der Waals surface area contributed by atoms with Gasteiger partial charge in [0, 0.05) is 25.0 Å². The third-order valence-corrected chi connectivity index (χ3v) is 11.2. The highest BCUT2D eigenvalue weighted by Crippen LogP contribution is 2.53. The first kappa shape index (κ1) is 27.0. The van der Waals surface area contributed by atoms with Crippen LogP contribution in [-0.4, -0.2) is 51.7 Å². The Morgan fingerprint density at radius 2 is 1.75 bits per heavy atom. The highest BCUT2D eigenvalue weighted by molar-refractivity contribution is 5.56. The second-order valence-electron chi connectivity index (χ2n) is 13.6. The number of nitrogens with one attached hydrogen (secondary N) is 2. The largest absolute Gasteiger partial charge is 0.418 e. The fourth-order valence-corrected chi connectivity index (χ4v) is 8.36. The molecule has 10 heteroatoms. The topological polar surface area (TPSA) is 56.9 Å². The third kappa shape index (κ3) is 4.92. The Bertz CT molecular complexity index is 1280. The zero-order valence-corrected chi connectivity index (χ0v) is 23.6. The Balaban J connectivity index is 1.17. The van der Waals surface area contributed by atoms with Crippen LogP contribution in [0.15, 0.2) is 23.3 Å². The van der Waals surface area contributed by atoms with E-state index in [1.165, 1.54) is 48.8 Å². The number of halogens is 3. The highest BCUT2D eigenvalue weighted by Gasteiger charge is 2.45. The Morgan fingerprint density at radius 3 is 2.38 bits per heavy atom. The first-order valence-electron chi connectivity index (χ1n) is 15.5. The molecule has 2 N–H and O–H groups in total. The lowest BCUT2D eigenvalue weighted by molar-refractivity contribution is -0.136. The molecule has 3 saturated carbocycles. The third-order valence-electron chi connectivity index (χ3n) is 11.2. The minimum Gasteiger partial charge on any atom is -0.299 e. The summed E-state index contributed by atoms with van der Waals surface area (Å²) in [5.74, 6) is 1.57. The summed E-state index contributed by atoms with van der Waals surface area (Å²) in [5.41, 5.74) is 6.81. The molecular formula is C30H43F3N6O. The molecule has 7 nitrogen and oxygen atoms in total. The van der Waals surface area contributed by atoms with Gasteiger partial charge in [0.15, 0.2) is 0 Å². The van der Waals surface area contributed by atoms with Crippen LogP contribution in [0.25, 0.3) is 5.52 Å². The van der Waals surface area contributed by atoms with Gasteiger partial charge < -0.3 is 0 Å². The Labute approximate surface area is 234 Å². The van der Waals surface area contributed by atoms with E-state index < -0.39 is 11.7 Å². The molecule has 5 fully saturated rings. The number of piperidine rings is 1. The summed E-state index contributed by atoms with van der Waals surface area (Å²) in [6, 6.07) is 1.21. The molecule has 2 aromatic rings. The van der Waals surface area contributed by atoms with Crippen LogP contribution in [0.3, 0.4) is 0 Å². The van der Waals surface area contributed by atoms with E-state index in [1.54, 1.807) is 10.8 Å². The van der Waals surface area contributed by atoms with Gasteiger partial charge in [-0.25, -0.2) is 15.6 Å². The van der Waals surface area contributed by atoms with E-state index in [9.17, 15) is 18.0 Å². The minimum absolute atomic E-state index is 0.0177. The van der Waals surface area contributed by atoms with E-state index in [0.717, 1.165) is 58.3 Å². The molecule has 4 heterocycles. The van der Waals surface area contributed by atoms with Gasteiger partial charge in [-0.2, -0.15) is 13.2 Å². The molecule has 2 saturated heterocycles. The first-order valence-corrected chi connectivity index (χ1v) is 15.5. The van der Waals surface area contributed by atoms with Crippen LogP contribution in [0.1, 0.15) is 87.8 Å². The van der Waals surface area contributed by atoms with Crippen molar-refractivity contribution in [3.63, 3.8) is 0 Å². The average Bonchev–Trinajstić information content (AvgIpc) is 3.39. The number of alkyl halides is 3. The number of hydrogen-bond acceptors (Lipinski definition) is 5. The summed E-state index contributed by atoms with van der Waals surface area (Å²) in [6.45, 7) is 3.09. The lowest BCUT2D eigenvalue weighted by Gasteiger charge is -2.46. The molecule has 3 aliphatic carbocycles. The van der Waals surface area contributed by atoms with Gasteiger partial charge in [0.05, 0.1) is 23.9 Å². The molecule has 0 radical (unpaired) electrons. The zero-order valence-electron chi connectivity index (χ0n) is 23.6. The van der Waals surface area contributed by atoms with Crippen molar-refractivity contribution in [2.75, 3.05) is 26.8 Å². The maximum atomic E-state index is 14.3. The number of aromatic nitrogens is 2. The highest BCUT2D eigenvalue weighted by atomic mass is 19.4. The molecule has 40 heavy (non-hydrogen) atoms. The molecule has 2 aromatic heterocycles. The quantitative estimate of drug-likeness (QED) is 0.523. The summed E-state index contributed by atoms with van der Waals surface area (Å²) in [6.07, 6.45) is 11.3. The van der Waals surface area contributed by atoms with Crippen molar-refractivity contribution in [2.45, 2.75) is 95.6 Å². The molecule has 7 rings (SSSR count). The van der Waals surface area contributed by atoms with Crippen molar-refractivity contribution < 1.29 is 13.2 Å². The van der Waals surface area contributed by atoms with Crippen molar-refractivity contribution >= 4 is 5.52 Å². The van der Waals surface area contributed by atoms with Gasteiger partial charge in [-0.3, -0.25) is 18.8 Å². The van der Waals surface area contributed by atoms with E-state index >= 15 is 0 Å². The lowest BCUT2D eigenvalue weighted by atomic mass is 9.65. The van der Waals surface area contributed by atoms with Gasteiger partial charge >= 0.3 is 11.9 Å². The number of fused-ring (bicyclic) bond motifs is 1. The number of imidazole rings is 1. The number of likely N-dealkylation sites (tertiary alicyclic amines) is 1. The van der Waals surface area contributed by atoms with Crippen LogP contribution in [0.5, 0.6) is 0 Å². The van der Waals surface area contributed by atoms with Gasteiger partial charge in [-0.15, -0.1) is 0 Å². The van der Waals surface area contributed by atoms with E-state index in [0.29, 0.717) is 35.3 Å². The smallest absolute Gasteiger partial charge is 0.299 e. The molecule has 0 amide bonds. The summed E-state index contributed by atoms with van der Waals surface area (Å²) >= 11 is 0.